The molecular formula is C14H22ClNO. The van der Waals surface area contributed by atoms with Crippen LogP contribution in [-0.4, -0.2) is 25.8 Å². The van der Waals surface area contributed by atoms with E-state index < -0.39 is 0 Å². The minimum atomic E-state index is 0.104. The Bertz CT molecular complexity index is 346. The number of hydrogen-bond donors (Lipinski definition) is 1. The highest BCUT2D eigenvalue weighted by atomic mass is 35.5. The maximum absolute atomic E-state index is 6.22. The number of benzene rings is 1. The first-order valence-electron chi connectivity index (χ1n) is 5.92. The maximum Gasteiger partial charge on any atom is 0.0543 e. The Morgan fingerprint density at radius 1 is 1.29 bits per heavy atom. The largest absolute Gasteiger partial charge is 0.384 e. The van der Waals surface area contributed by atoms with E-state index in [1.807, 2.05) is 18.2 Å². The van der Waals surface area contributed by atoms with Crippen LogP contribution in [0.25, 0.3) is 0 Å². The van der Waals surface area contributed by atoms with Gasteiger partial charge in [-0.3, -0.25) is 0 Å². The summed E-state index contributed by atoms with van der Waals surface area (Å²) in [5.74, 6) is 0.285. The van der Waals surface area contributed by atoms with Gasteiger partial charge in [-0.05, 0) is 32.4 Å². The van der Waals surface area contributed by atoms with Crippen LogP contribution in [0.15, 0.2) is 24.3 Å². The van der Waals surface area contributed by atoms with E-state index in [2.05, 4.69) is 32.2 Å². The van der Waals surface area contributed by atoms with Crippen molar-refractivity contribution in [3.8, 4) is 0 Å². The second kappa shape index (κ2) is 6.39. The third-order valence-electron chi connectivity index (χ3n) is 2.59. The van der Waals surface area contributed by atoms with Crippen molar-refractivity contribution in [2.75, 3.05) is 20.3 Å². The molecule has 0 aromatic heterocycles. The third kappa shape index (κ3) is 5.07. The Balaban J connectivity index is 2.75. The van der Waals surface area contributed by atoms with Crippen LogP contribution in [0.1, 0.15) is 32.3 Å². The minimum Gasteiger partial charge on any atom is -0.384 e. The van der Waals surface area contributed by atoms with E-state index in [0.717, 1.165) is 17.1 Å². The highest BCUT2D eigenvalue weighted by Gasteiger charge is 2.17. The summed E-state index contributed by atoms with van der Waals surface area (Å²) in [6, 6.07) is 7.96. The zero-order valence-corrected chi connectivity index (χ0v) is 11.8. The van der Waals surface area contributed by atoms with Gasteiger partial charge in [0.2, 0.25) is 0 Å². The van der Waals surface area contributed by atoms with Crippen molar-refractivity contribution in [2.45, 2.75) is 32.2 Å². The normalized spacial score (nSPS) is 13.7. The standard InChI is InChI=1S/C14H22ClNO/c1-14(2,3)16-9-11(10-17-4)12-7-5-6-8-13(12)15/h5-8,11,16H,9-10H2,1-4H3. The summed E-state index contributed by atoms with van der Waals surface area (Å²) >= 11 is 6.22. The molecule has 96 valence electrons. The van der Waals surface area contributed by atoms with Gasteiger partial charge < -0.3 is 10.1 Å². The van der Waals surface area contributed by atoms with Gasteiger partial charge >= 0.3 is 0 Å². The average molecular weight is 256 g/mol. The van der Waals surface area contributed by atoms with Crippen LogP contribution in [0.2, 0.25) is 5.02 Å². The van der Waals surface area contributed by atoms with E-state index in [9.17, 15) is 0 Å². The number of rotatable bonds is 5. The fourth-order valence-corrected chi connectivity index (χ4v) is 1.99. The fraction of sp³-hybridized carbons (Fsp3) is 0.571. The molecule has 0 aliphatic rings. The molecule has 1 aromatic carbocycles. The van der Waals surface area contributed by atoms with Crippen molar-refractivity contribution >= 4 is 11.6 Å². The van der Waals surface area contributed by atoms with Crippen LogP contribution in [0.5, 0.6) is 0 Å². The Labute approximate surface area is 109 Å². The van der Waals surface area contributed by atoms with Crippen LogP contribution in [0.4, 0.5) is 0 Å². The number of ether oxygens (including phenoxy) is 1. The number of nitrogens with one attached hydrogen (secondary N) is 1. The lowest BCUT2D eigenvalue weighted by Crippen LogP contribution is -2.39. The number of hydrogen-bond acceptors (Lipinski definition) is 2. The number of halogens is 1. The monoisotopic (exact) mass is 255 g/mol. The van der Waals surface area contributed by atoms with Crippen molar-refractivity contribution in [3.63, 3.8) is 0 Å². The van der Waals surface area contributed by atoms with Gasteiger partial charge in [0.25, 0.3) is 0 Å². The molecule has 0 heterocycles. The first-order chi connectivity index (χ1) is 7.94. The highest BCUT2D eigenvalue weighted by molar-refractivity contribution is 6.31. The fourth-order valence-electron chi connectivity index (χ4n) is 1.70. The Morgan fingerprint density at radius 2 is 1.94 bits per heavy atom. The van der Waals surface area contributed by atoms with Crippen LogP contribution in [0, 0.1) is 0 Å². The van der Waals surface area contributed by atoms with Crippen LogP contribution < -0.4 is 5.32 Å². The SMILES string of the molecule is COCC(CNC(C)(C)C)c1ccccc1Cl. The Kier molecular flexibility index (Phi) is 5.44. The van der Waals surface area contributed by atoms with E-state index in [1.54, 1.807) is 7.11 Å². The molecule has 0 aliphatic carbocycles. The van der Waals surface area contributed by atoms with Crippen molar-refractivity contribution in [2.24, 2.45) is 0 Å². The van der Waals surface area contributed by atoms with E-state index in [4.69, 9.17) is 16.3 Å². The zero-order valence-electron chi connectivity index (χ0n) is 11.1. The molecule has 0 saturated carbocycles. The van der Waals surface area contributed by atoms with E-state index >= 15 is 0 Å². The van der Waals surface area contributed by atoms with Crippen molar-refractivity contribution in [3.05, 3.63) is 34.9 Å². The minimum absolute atomic E-state index is 0.104. The molecule has 0 saturated heterocycles. The molecule has 0 aliphatic heterocycles. The maximum atomic E-state index is 6.22. The van der Waals surface area contributed by atoms with Gasteiger partial charge in [-0.1, -0.05) is 29.8 Å². The van der Waals surface area contributed by atoms with Crippen LogP contribution in [-0.2, 0) is 4.74 Å². The summed E-state index contributed by atoms with van der Waals surface area (Å²) in [6.45, 7) is 8.00. The van der Waals surface area contributed by atoms with E-state index in [-0.39, 0.29) is 11.5 Å². The molecule has 2 nitrogen and oxygen atoms in total. The molecule has 1 aromatic rings. The van der Waals surface area contributed by atoms with Crippen LogP contribution >= 0.6 is 11.6 Å². The Hall–Kier alpha value is -0.570. The predicted octanol–water partition coefficient (Wildman–Crippen LogP) is 3.46. The molecule has 1 N–H and O–H groups in total. The van der Waals surface area contributed by atoms with Gasteiger partial charge in [0, 0.05) is 30.1 Å². The zero-order chi connectivity index (χ0) is 12.9. The highest BCUT2D eigenvalue weighted by Crippen LogP contribution is 2.24. The molecule has 0 amide bonds. The molecule has 1 atom stereocenters. The first kappa shape index (κ1) is 14.5. The van der Waals surface area contributed by atoms with Gasteiger partial charge in [0.05, 0.1) is 6.61 Å². The van der Waals surface area contributed by atoms with Crippen LogP contribution in [0.3, 0.4) is 0 Å². The molecule has 1 unspecified atom stereocenters. The summed E-state index contributed by atoms with van der Waals surface area (Å²) in [5.41, 5.74) is 1.25. The topological polar surface area (TPSA) is 21.3 Å². The molecule has 0 bridgehead atoms. The molecule has 0 radical (unpaired) electrons. The first-order valence-corrected chi connectivity index (χ1v) is 6.30. The molecule has 1 rings (SSSR count). The number of methoxy groups -OCH3 is 1. The summed E-state index contributed by atoms with van der Waals surface area (Å²) in [6.07, 6.45) is 0. The van der Waals surface area contributed by atoms with Gasteiger partial charge in [-0.25, -0.2) is 0 Å². The summed E-state index contributed by atoms with van der Waals surface area (Å²) < 4.78 is 5.28. The Morgan fingerprint density at radius 3 is 2.47 bits per heavy atom. The lowest BCUT2D eigenvalue weighted by molar-refractivity contribution is 0.174. The molecule has 3 heteroatoms. The second-order valence-corrected chi connectivity index (χ2v) is 5.71. The average Bonchev–Trinajstić information content (AvgIpc) is 2.24. The van der Waals surface area contributed by atoms with Gasteiger partial charge in [-0.15, -0.1) is 0 Å². The molecule has 0 spiro atoms. The van der Waals surface area contributed by atoms with E-state index in [1.165, 1.54) is 0 Å². The predicted molar refractivity (Wildman–Crippen MR) is 73.8 cm³/mol. The molecule has 0 fully saturated rings. The van der Waals surface area contributed by atoms with Crippen molar-refractivity contribution < 1.29 is 4.74 Å². The second-order valence-electron chi connectivity index (χ2n) is 5.30. The summed E-state index contributed by atoms with van der Waals surface area (Å²) in [5, 5.41) is 4.30. The van der Waals surface area contributed by atoms with E-state index in [0.29, 0.717) is 6.61 Å². The molecular weight excluding hydrogens is 234 g/mol. The quantitative estimate of drug-likeness (QED) is 0.870. The summed E-state index contributed by atoms with van der Waals surface area (Å²) in [4.78, 5) is 0. The smallest absolute Gasteiger partial charge is 0.0543 e. The van der Waals surface area contributed by atoms with Gasteiger partial charge in [0.15, 0.2) is 0 Å². The lowest BCUT2D eigenvalue weighted by atomic mass is 9.98. The van der Waals surface area contributed by atoms with Crippen molar-refractivity contribution in [1.29, 1.82) is 0 Å². The summed E-state index contributed by atoms with van der Waals surface area (Å²) in [7, 11) is 1.72. The van der Waals surface area contributed by atoms with Gasteiger partial charge in [-0.2, -0.15) is 0 Å². The third-order valence-corrected chi connectivity index (χ3v) is 2.94. The van der Waals surface area contributed by atoms with Crippen molar-refractivity contribution in [1.82, 2.24) is 5.32 Å². The molecule has 17 heavy (non-hydrogen) atoms. The lowest BCUT2D eigenvalue weighted by Gasteiger charge is -2.25. The van der Waals surface area contributed by atoms with Gasteiger partial charge in [0.1, 0.15) is 0 Å².